The molecule has 0 fully saturated rings. The van der Waals surface area contributed by atoms with E-state index in [9.17, 15) is 0 Å². The van der Waals surface area contributed by atoms with Gasteiger partial charge in [-0.15, -0.1) is 0 Å². The molecule has 0 aliphatic heterocycles. The van der Waals surface area contributed by atoms with Gasteiger partial charge in [-0.2, -0.15) is 0 Å². The van der Waals surface area contributed by atoms with Crippen LogP contribution in [-0.2, 0) is 0 Å². The predicted molar refractivity (Wildman–Crippen MR) is 368 cm³/mol. The summed E-state index contributed by atoms with van der Waals surface area (Å²) in [5.41, 5.74) is 22.1. The molecule has 7 aromatic rings. The van der Waals surface area contributed by atoms with Crippen LogP contribution < -0.4 is 30.0 Å². The van der Waals surface area contributed by atoms with Gasteiger partial charge in [0.05, 0.1) is 0 Å². The van der Waals surface area contributed by atoms with Crippen LogP contribution in [0.2, 0.25) is 0 Å². The Morgan fingerprint density at radius 2 is 0.732 bits per heavy atom. The molecule has 5 heteroatoms. The maximum Gasteiger partial charge on any atom is -0.0398 e. The second-order valence-electron chi connectivity index (χ2n) is 26.8. The molecule has 1 aromatic heterocycles. The minimum Gasteiger partial charge on any atom is -0.0622 e. The molecule has 0 bridgehead atoms. The van der Waals surface area contributed by atoms with Gasteiger partial charge < -0.3 is 0 Å². The molecule has 0 unspecified atom stereocenters. The molecule has 0 aliphatic rings. The molecule has 2 nitrogen and oxygen atoms in total. The average Bonchev–Trinajstić information content (AvgIpc) is 3.82. The van der Waals surface area contributed by atoms with E-state index in [2.05, 4.69) is 314 Å². The van der Waals surface area contributed by atoms with Crippen LogP contribution in [0, 0.1) is 20.8 Å². The molecule has 7 rings (SSSR count). The van der Waals surface area contributed by atoms with E-state index in [1.54, 1.807) is 43.0 Å². The van der Waals surface area contributed by atoms with Crippen molar-refractivity contribution in [1.82, 2.24) is 4.57 Å². The van der Waals surface area contributed by atoms with Crippen LogP contribution in [0.15, 0.2) is 133 Å². The van der Waals surface area contributed by atoms with Crippen molar-refractivity contribution >= 4 is 64.7 Å². The average molecular weight is 1190 g/mol. The Bertz CT molecular complexity index is 2970. The van der Waals surface area contributed by atoms with E-state index < -0.39 is 17.6 Å². The van der Waals surface area contributed by atoms with E-state index in [0.29, 0.717) is 65.3 Å². The van der Waals surface area contributed by atoms with Gasteiger partial charge in [0, 0.05) is 0 Å². The monoisotopic (exact) mass is 1190 g/mol. The molecular formula is C77H108GeN2Si2+. The quantitative estimate of drug-likeness (QED) is 0.0598. The van der Waals surface area contributed by atoms with Crippen LogP contribution in [-0.4, -0.2) is 38.7 Å². The van der Waals surface area contributed by atoms with Gasteiger partial charge in [-0.1, -0.05) is 274 Å². The Labute approximate surface area is 514 Å². The predicted octanol–water partition coefficient (Wildman–Crippen LogP) is 18.2. The van der Waals surface area contributed by atoms with Gasteiger partial charge in [0.1, 0.15) is 8.80 Å². The molecule has 0 atom stereocenters. The second-order valence-corrected chi connectivity index (χ2v) is 32.2. The first-order chi connectivity index (χ1) is 38.5. The molecule has 1 heterocycles. The van der Waals surface area contributed by atoms with Crippen LogP contribution in [0.4, 0.5) is 0 Å². The Morgan fingerprint density at radius 3 is 0.988 bits per heavy atom. The molecule has 437 valence electrons. The third-order valence-corrected chi connectivity index (χ3v) is 23.6. The number of imidazole rings is 1. The van der Waals surface area contributed by atoms with E-state index in [4.69, 9.17) is 0 Å². The SMILES string of the molecule is CC(C)c1cc(C(C)C)c([Si](/C=C(/c2ccccc2)[Si](c2ccccc2)c2c(C(C)C)cc(C(C)C)cc2C(C)C)c2c(C(C)C)cc(C(C)C)cc2C(C)C)c(C(C)C)c1.Cc1c(C)[n+](C(C)C)[c]([Ge])n1C(C)C.Cc1ccccc1. The number of hydrogen-bond acceptors (Lipinski definition) is 0. The summed E-state index contributed by atoms with van der Waals surface area (Å²) in [6, 6.07) is 50.3. The van der Waals surface area contributed by atoms with Crippen molar-refractivity contribution in [2.45, 2.75) is 238 Å². The third-order valence-electron chi connectivity index (χ3n) is 16.6. The number of benzene rings is 6. The number of aryl methyl sites for hydroxylation is 1. The summed E-state index contributed by atoms with van der Waals surface area (Å²) in [7, 11) is -3.18. The minimum absolute atomic E-state index is 0.391. The molecule has 6 aromatic carbocycles. The summed E-state index contributed by atoms with van der Waals surface area (Å²) >= 11 is 2.21. The van der Waals surface area contributed by atoms with Crippen molar-refractivity contribution in [2.24, 2.45) is 0 Å². The summed E-state index contributed by atoms with van der Waals surface area (Å²) < 4.78 is 6.19. The van der Waals surface area contributed by atoms with Crippen molar-refractivity contribution in [3.63, 3.8) is 0 Å². The first-order valence-corrected chi connectivity index (χ1v) is 35.6. The van der Waals surface area contributed by atoms with E-state index >= 15 is 0 Å². The number of aromatic nitrogens is 2. The van der Waals surface area contributed by atoms with Gasteiger partial charge in [-0.05, 0) is 131 Å². The zero-order valence-electron chi connectivity index (χ0n) is 55.9. The summed E-state index contributed by atoms with van der Waals surface area (Å²) in [6.07, 6.45) is 0. The topological polar surface area (TPSA) is 8.81 Å². The number of hydrogen-bond donors (Lipinski definition) is 0. The Hall–Kier alpha value is -4.75. The standard InChI is InChI=1S/C59H80Si2.C11H20GeN2.C7H8/c1-36(2)46-29-50(39(7)8)57(51(30-46)40(9)10)60(58-52(41(11)12)31-47(37(3)4)32-53(58)42(13)14)35-56(45-25-21-19-22-26-45)61(49-27-23-20-24-28-49)59-54(43(15)16)33-48(38(5)6)34-55(59)44(17)18;1-7(2)13-9(5)10(6)14(8(3)4)11(13)12;1-7-5-3-2-4-6-7/h19-44H,1-18H3;7-8H,1-6H3;2-6H,1H3/q;+1;/b56-35-;;. The summed E-state index contributed by atoms with van der Waals surface area (Å²) in [5.74, 6) is 3.74. The van der Waals surface area contributed by atoms with Crippen molar-refractivity contribution < 1.29 is 4.57 Å². The van der Waals surface area contributed by atoms with Crippen LogP contribution in [0.3, 0.4) is 0 Å². The van der Waals surface area contributed by atoms with E-state index in [1.807, 2.05) is 18.2 Å². The molecule has 0 N–H and O–H groups in total. The normalized spacial score (nSPS) is 12.3. The summed E-state index contributed by atoms with van der Waals surface area (Å²) in [5, 5.41) is 7.88. The van der Waals surface area contributed by atoms with Gasteiger partial charge in [0.25, 0.3) is 0 Å². The Balaban J connectivity index is 0.000000487. The number of rotatable bonds is 18. The van der Waals surface area contributed by atoms with Crippen molar-refractivity contribution in [2.75, 3.05) is 0 Å². The first-order valence-electron chi connectivity index (χ1n) is 31.5. The maximum atomic E-state index is 2.94. The van der Waals surface area contributed by atoms with Crippen molar-refractivity contribution in [3.05, 3.63) is 206 Å². The maximum absolute atomic E-state index is 2.94. The van der Waals surface area contributed by atoms with Crippen LogP contribution in [0.1, 0.15) is 290 Å². The molecule has 5 radical (unpaired) electrons. The second kappa shape index (κ2) is 30.4. The van der Waals surface area contributed by atoms with Gasteiger partial charge >= 0.3 is 95.3 Å². The zero-order valence-corrected chi connectivity index (χ0v) is 60.0. The molecule has 0 amide bonds. The largest absolute Gasteiger partial charge is 0.0622 e. The smallest absolute Gasteiger partial charge is 0.0398 e. The van der Waals surface area contributed by atoms with Gasteiger partial charge in [-0.3, -0.25) is 0 Å². The summed E-state index contributed by atoms with van der Waals surface area (Å²) in [4.78, 5) is 0. The van der Waals surface area contributed by atoms with Crippen molar-refractivity contribution in [1.29, 1.82) is 0 Å². The number of nitrogens with zero attached hydrogens (tertiary/aromatic N) is 2. The Kier molecular flexibility index (Phi) is 25.2. The van der Waals surface area contributed by atoms with Crippen molar-refractivity contribution in [3.8, 4) is 0 Å². The minimum atomic E-state index is -1.61. The fraction of sp³-hybridized carbons (Fsp3) is 0.468. The Morgan fingerprint density at radius 1 is 0.415 bits per heavy atom. The van der Waals surface area contributed by atoms with Gasteiger partial charge in [-0.25, -0.2) is 0 Å². The molecule has 0 saturated heterocycles. The first kappa shape index (κ1) is 68.0. The van der Waals surface area contributed by atoms with Crippen LogP contribution in [0.25, 0.3) is 5.20 Å². The third kappa shape index (κ3) is 16.4. The van der Waals surface area contributed by atoms with Crippen LogP contribution in [0.5, 0.6) is 0 Å². The molecule has 0 spiro atoms. The van der Waals surface area contributed by atoms with Gasteiger partial charge in [0.15, 0.2) is 8.80 Å². The summed E-state index contributed by atoms with van der Waals surface area (Å²) in [6.45, 7) is 59.0. The van der Waals surface area contributed by atoms with E-state index in [-0.39, 0.29) is 0 Å². The molecular weight excluding hydrogens is 1080 g/mol. The molecule has 82 heavy (non-hydrogen) atoms. The zero-order chi connectivity index (χ0) is 61.2. The molecule has 0 saturated carbocycles. The van der Waals surface area contributed by atoms with Crippen LogP contribution >= 0.6 is 0 Å². The fourth-order valence-electron chi connectivity index (χ4n) is 11.7. The van der Waals surface area contributed by atoms with E-state index in [0.717, 1.165) is 0 Å². The fourth-order valence-corrected chi connectivity index (χ4v) is 21.4. The van der Waals surface area contributed by atoms with E-state index in [1.165, 1.54) is 60.2 Å². The van der Waals surface area contributed by atoms with Gasteiger partial charge in [0.2, 0.25) is 0 Å². The molecule has 0 aliphatic carbocycles.